The lowest BCUT2D eigenvalue weighted by Gasteiger charge is -2.44. The Kier molecular flexibility index (Phi) is 6.76. The van der Waals surface area contributed by atoms with E-state index in [0.717, 1.165) is 25.9 Å². The molecule has 196 valence electrons. The summed E-state index contributed by atoms with van der Waals surface area (Å²) >= 11 is 0. The largest absolute Gasteiger partial charge is 0.416 e. The quantitative estimate of drug-likeness (QED) is 0.578. The highest BCUT2D eigenvalue weighted by Crippen LogP contribution is 2.38. The highest BCUT2D eigenvalue weighted by atomic mass is 19.4. The number of piperazine rings is 1. The predicted octanol–water partition coefficient (Wildman–Crippen LogP) is 4.62. The Morgan fingerprint density at radius 2 is 1.92 bits per heavy atom. The van der Waals surface area contributed by atoms with Crippen molar-refractivity contribution in [2.45, 2.75) is 65.0 Å². The lowest BCUT2D eigenvalue weighted by molar-refractivity contribution is -0.137. The fourth-order valence-electron chi connectivity index (χ4n) is 5.35. The number of H-pyrrole nitrogens is 1. The minimum absolute atomic E-state index is 0. The number of aromatic nitrogens is 2. The van der Waals surface area contributed by atoms with Gasteiger partial charge in [-0.25, -0.2) is 9.18 Å². The zero-order valence-electron chi connectivity index (χ0n) is 19.3. The van der Waals surface area contributed by atoms with E-state index in [1.807, 2.05) is 18.7 Å². The number of hydrogen-bond acceptors (Lipinski definition) is 4. The average Bonchev–Trinajstić information content (AvgIpc) is 3.49. The summed E-state index contributed by atoms with van der Waals surface area (Å²) in [6.45, 7) is 6.59. The number of aromatic amines is 1. The van der Waals surface area contributed by atoms with Gasteiger partial charge in [-0.2, -0.15) is 18.3 Å². The van der Waals surface area contributed by atoms with Crippen molar-refractivity contribution in [3.63, 3.8) is 0 Å². The van der Waals surface area contributed by atoms with Gasteiger partial charge in [-0.05, 0) is 51.4 Å². The Bertz CT molecular complexity index is 1170. The summed E-state index contributed by atoms with van der Waals surface area (Å²) in [6, 6.07) is 1.64. The second-order valence-corrected chi connectivity index (χ2v) is 9.49. The van der Waals surface area contributed by atoms with E-state index in [1.54, 1.807) is 4.90 Å². The summed E-state index contributed by atoms with van der Waals surface area (Å²) in [5.41, 5.74) is -0.680. The van der Waals surface area contributed by atoms with E-state index in [1.165, 1.54) is 0 Å². The number of anilines is 1. The molecule has 5 rings (SSSR count). The topological polar surface area (TPSA) is 84.6 Å². The smallest absolute Gasteiger partial charge is 0.319 e. The number of benzene rings is 1. The van der Waals surface area contributed by atoms with Gasteiger partial charge in [-0.3, -0.25) is 14.8 Å². The standard InChI is InChI=1S/C23H26F4N6O2.CH4/c1-12-9-31-7-3-4-15(31)10-32(12)22(35)33-11-17-19(13(33)2)29-30-20(17)28-21(34)16-8-14(23(25,26)27)5-6-18(16)24;/h5-6,8,12-13,15H,3-4,7,9-11H2,1-2H3,(H2,28,29,30,34);1H4/t12-,13?,15-;/m0./s1. The van der Waals surface area contributed by atoms with Crippen LogP contribution in [-0.2, 0) is 12.7 Å². The molecule has 2 fully saturated rings. The maximum atomic E-state index is 14.2. The molecule has 36 heavy (non-hydrogen) atoms. The lowest BCUT2D eigenvalue weighted by Crippen LogP contribution is -2.59. The summed E-state index contributed by atoms with van der Waals surface area (Å²) in [5, 5.41) is 9.29. The van der Waals surface area contributed by atoms with Crippen molar-refractivity contribution in [2.75, 3.05) is 25.0 Å². The molecule has 3 aliphatic heterocycles. The molecular formula is C24H30F4N6O2. The van der Waals surface area contributed by atoms with Crippen LogP contribution in [-0.4, -0.2) is 68.6 Å². The van der Waals surface area contributed by atoms with Crippen LogP contribution in [0.2, 0.25) is 0 Å². The van der Waals surface area contributed by atoms with Crippen molar-refractivity contribution in [1.29, 1.82) is 0 Å². The van der Waals surface area contributed by atoms with E-state index in [9.17, 15) is 27.2 Å². The van der Waals surface area contributed by atoms with Crippen LogP contribution in [0.25, 0.3) is 0 Å². The van der Waals surface area contributed by atoms with Crippen LogP contribution in [0.1, 0.15) is 67.3 Å². The minimum Gasteiger partial charge on any atom is -0.319 e. The number of nitrogens with one attached hydrogen (secondary N) is 2. The van der Waals surface area contributed by atoms with E-state index in [2.05, 4.69) is 20.4 Å². The average molecular weight is 511 g/mol. The summed E-state index contributed by atoms with van der Waals surface area (Å²) in [6.07, 6.45) is -2.52. The highest BCUT2D eigenvalue weighted by Gasteiger charge is 2.42. The zero-order chi connectivity index (χ0) is 25.1. The first-order valence-electron chi connectivity index (χ1n) is 11.6. The van der Waals surface area contributed by atoms with Gasteiger partial charge >= 0.3 is 12.2 Å². The van der Waals surface area contributed by atoms with Gasteiger partial charge in [-0.15, -0.1) is 0 Å². The summed E-state index contributed by atoms with van der Waals surface area (Å²) in [7, 11) is 0. The van der Waals surface area contributed by atoms with Crippen LogP contribution in [0.4, 0.5) is 28.2 Å². The van der Waals surface area contributed by atoms with Crippen LogP contribution in [0.5, 0.6) is 0 Å². The third-order valence-corrected chi connectivity index (χ3v) is 7.31. The molecule has 2 N–H and O–H groups in total. The lowest BCUT2D eigenvalue weighted by atomic mass is 10.1. The maximum Gasteiger partial charge on any atom is 0.416 e. The van der Waals surface area contributed by atoms with Gasteiger partial charge in [0.1, 0.15) is 5.82 Å². The van der Waals surface area contributed by atoms with Crippen LogP contribution in [0, 0.1) is 5.82 Å². The Labute approximate surface area is 206 Å². The van der Waals surface area contributed by atoms with Gasteiger partial charge in [-0.1, -0.05) is 7.43 Å². The number of rotatable bonds is 2. The van der Waals surface area contributed by atoms with Crippen LogP contribution < -0.4 is 5.32 Å². The molecule has 2 aromatic rings. The number of carbonyl (C=O) groups excluding carboxylic acids is 2. The summed E-state index contributed by atoms with van der Waals surface area (Å²) in [5.74, 6) is -2.06. The molecule has 3 aliphatic rings. The van der Waals surface area contributed by atoms with Crippen molar-refractivity contribution in [2.24, 2.45) is 0 Å². The first kappa shape index (κ1) is 25.9. The van der Waals surface area contributed by atoms with E-state index in [-0.39, 0.29) is 37.9 Å². The molecule has 12 heteroatoms. The number of hydrogen-bond donors (Lipinski definition) is 2. The summed E-state index contributed by atoms with van der Waals surface area (Å²) < 4.78 is 53.2. The highest BCUT2D eigenvalue weighted by molar-refractivity contribution is 6.04. The molecule has 1 aromatic heterocycles. The van der Waals surface area contributed by atoms with Crippen molar-refractivity contribution >= 4 is 17.8 Å². The number of urea groups is 1. The van der Waals surface area contributed by atoms with Gasteiger partial charge in [0.2, 0.25) is 0 Å². The molecule has 3 atom stereocenters. The molecule has 2 saturated heterocycles. The van der Waals surface area contributed by atoms with Gasteiger partial charge in [0.05, 0.1) is 29.4 Å². The molecule has 8 nitrogen and oxygen atoms in total. The normalized spacial score (nSPS) is 23.8. The number of nitrogens with zero attached hydrogens (tertiary/aromatic N) is 4. The molecule has 4 heterocycles. The fourth-order valence-corrected chi connectivity index (χ4v) is 5.35. The molecule has 0 saturated carbocycles. The van der Waals surface area contributed by atoms with Crippen LogP contribution in [0.15, 0.2) is 18.2 Å². The zero-order valence-corrected chi connectivity index (χ0v) is 19.3. The SMILES string of the molecule is C.CC1c2[nH]nc(NC(=O)c3cc(C(F)(F)F)ccc3F)c2CN1C(=O)N1C[C@@H]2CCCN2C[C@@H]1C. The fraction of sp³-hybridized carbons (Fsp3) is 0.542. The maximum absolute atomic E-state index is 14.2. The van der Waals surface area contributed by atoms with Crippen LogP contribution >= 0.6 is 0 Å². The first-order chi connectivity index (χ1) is 16.5. The molecule has 1 aromatic carbocycles. The molecule has 3 amide bonds. The predicted molar refractivity (Wildman–Crippen MR) is 125 cm³/mol. The first-order valence-corrected chi connectivity index (χ1v) is 11.6. The van der Waals surface area contributed by atoms with Crippen molar-refractivity contribution in [1.82, 2.24) is 24.9 Å². The molecule has 0 aliphatic carbocycles. The Balaban J connectivity index is 0.00000304. The Morgan fingerprint density at radius 3 is 2.64 bits per heavy atom. The van der Waals surface area contributed by atoms with Crippen LogP contribution in [0.3, 0.4) is 0 Å². The second-order valence-electron chi connectivity index (χ2n) is 9.49. The summed E-state index contributed by atoms with van der Waals surface area (Å²) in [4.78, 5) is 32.1. The Hall–Kier alpha value is -3.15. The van der Waals surface area contributed by atoms with Gasteiger partial charge in [0.25, 0.3) is 5.91 Å². The van der Waals surface area contributed by atoms with Gasteiger partial charge in [0.15, 0.2) is 5.82 Å². The minimum atomic E-state index is -4.71. The van der Waals surface area contributed by atoms with E-state index >= 15 is 0 Å². The van der Waals surface area contributed by atoms with Crippen molar-refractivity contribution in [3.05, 3.63) is 46.4 Å². The third kappa shape index (κ3) is 4.42. The van der Waals surface area contributed by atoms with Gasteiger partial charge in [0, 0.05) is 30.7 Å². The molecule has 0 spiro atoms. The van der Waals surface area contributed by atoms with Crippen molar-refractivity contribution in [3.8, 4) is 0 Å². The molecule has 0 bridgehead atoms. The molecule has 1 unspecified atom stereocenters. The Morgan fingerprint density at radius 1 is 1.17 bits per heavy atom. The number of alkyl halides is 3. The number of halogens is 4. The second kappa shape index (κ2) is 9.38. The third-order valence-electron chi connectivity index (χ3n) is 7.31. The molecule has 0 radical (unpaired) electrons. The molecular weight excluding hydrogens is 480 g/mol. The van der Waals surface area contributed by atoms with Crippen molar-refractivity contribution < 1.29 is 27.2 Å². The van der Waals surface area contributed by atoms with Gasteiger partial charge < -0.3 is 15.1 Å². The van der Waals surface area contributed by atoms with E-state index in [0.29, 0.717) is 42.0 Å². The van der Waals surface area contributed by atoms with E-state index in [4.69, 9.17) is 0 Å². The number of carbonyl (C=O) groups is 2. The number of amides is 3. The monoisotopic (exact) mass is 510 g/mol. The van der Waals surface area contributed by atoms with E-state index < -0.39 is 29.0 Å². The number of fused-ring (bicyclic) bond motifs is 2.